The van der Waals surface area contributed by atoms with Gasteiger partial charge in [0.1, 0.15) is 11.7 Å². The number of fused-ring (bicyclic) bond motifs is 1. The molecule has 0 spiro atoms. The quantitative estimate of drug-likeness (QED) is 0.651. The monoisotopic (exact) mass is 287 g/mol. The number of piperidine rings is 1. The van der Waals surface area contributed by atoms with Crippen LogP contribution in [0.5, 0.6) is 0 Å². The summed E-state index contributed by atoms with van der Waals surface area (Å²) in [4.78, 5) is 9.47. The Bertz CT molecular complexity index is 554. The maximum Gasteiger partial charge on any atom is 0.139 e. The van der Waals surface area contributed by atoms with E-state index in [9.17, 15) is 0 Å². The molecule has 114 valence electrons. The molecule has 2 aliphatic rings. The van der Waals surface area contributed by atoms with E-state index < -0.39 is 0 Å². The van der Waals surface area contributed by atoms with Crippen molar-refractivity contribution in [3.05, 3.63) is 22.9 Å². The summed E-state index contributed by atoms with van der Waals surface area (Å²) in [5, 5.41) is 7.89. The standard InChI is InChI=1S/C16H25N5/c1-20-8-4-6-12(10-20)21(2)16-13(15(17)18)9-11-5-3-7-14(11)19-16/h9,12H,3-8,10H2,1-2H3,(H3,17,18). The number of likely N-dealkylation sites (N-methyl/N-ethyl adjacent to an activating group) is 2. The van der Waals surface area contributed by atoms with Crippen LogP contribution < -0.4 is 10.6 Å². The number of hydrogen-bond acceptors (Lipinski definition) is 4. The van der Waals surface area contributed by atoms with Gasteiger partial charge < -0.3 is 15.5 Å². The Morgan fingerprint density at radius 3 is 2.95 bits per heavy atom. The van der Waals surface area contributed by atoms with Crippen LogP contribution in [0.3, 0.4) is 0 Å². The van der Waals surface area contributed by atoms with Gasteiger partial charge >= 0.3 is 0 Å². The second-order valence-electron chi connectivity index (χ2n) is 6.40. The minimum atomic E-state index is 0.128. The highest BCUT2D eigenvalue weighted by atomic mass is 15.2. The number of nitrogens with zero attached hydrogens (tertiary/aromatic N) is 3. The van der Waals surface area contributed by atoms with Crippen molar-refractivity contribution in [3.8, 4) is 0 Å². The van der Waals surface area contributed by atoms with Crippen LogP contribution in [0.2, 0.25) is 0 Å². The molecule has 5 nitrogen and oxygen atoms in total. The number of aromatic nitrogens is 1. The normalized spacial score (nSPS) is 22.1. The molecule has 2 heterocycles. The number of anilines is 1. The van der Waals surface area contributed by atoms with Gasteiger partial charge in [0.2, 0.25) is 0 Å². The van der Waals surface area contributed by atoms with Gasteiger partial charge in [-0.3, -0.25) is 5.41 Å². The Morgan fingerprint density at radius 1 is 1.43 bits per heavy atom. The number of pyridine rings is 1. The molecule has 1 unspecified atom stereocenters. The molecule has 1 saturated heterocycles. The molecular weight excluding hydrogens is 262 g/mol. The molecule has 1 aromatic heterocycles. The zero-order valence-electron chi connectivity index (χ0n) is 13.0. The number of nitrogens with one attached hydrogen (secondary N) is 1. The first kappa shape index (κ1) is 14.3. The molecule has 0 saturated carbocycles. The fourth-order valence-corrected chi connectivity index (χ4v) is 3.56. The molecule has 0 aromatic carbocycles. The molecule has 0 amide bonds. The lowest BCUT2D eigenvalue weighted by molar-refractivity contribution is 0.247. The fourth-order valence-electron chi connectivity index (χ4n) is 3.56. The third-order valence-corrected chi connectivity index (χ3v) is 4.80. The summed E-state index contributed by atoms with van der Waals surface area (Å²) in [6.45, 7) is 2.22. The zero-order chi connectivity index (χ0) is 15.0. The van der Waals surface area contributed by atoms with Crippen molar-refractivity contribution in [1.29, 1.82) is 5.41 Å². The Hall–Kier alpha value is -1.62. The molecule has 3 rings (SSSR count). The maximum atomic E-state index is 7.89. The molecule has 1 aliphatic heterocycles. The fraction of sp³-hybridized carbons (Fsp3) is 0.625. The highest BCUT2D eigenvalue weighted by Gasteiger charge is 2.26. The maximum absolute atomic E-state index is 7.89. The lowest BCUT2D eigenvalue weighted by atomic mass is 10.0. The lowest BCUT2D eigenvalue weighted by Gasteiger charge is -2.37. The molecule has 1 atom stereocenters. The van der Waals surface area contributed by atoms with Gasteiger partial charge in [-0.05, 0) is 57.3 Å². The summed E-state index contributed by atoms with van der Waals surface area (Å²) in [6, 6.07) is 2.55. The van der Waals surface area contributed by atoms with Gasteiger partial charge in [-0.15, -0.1) is 0 Å². The highest BCUT2D eigenvalue weighted by Crippen LogP contribution is 2.29. The van der Waals surface area contributed by atoms with E-state index in [0.717, 1.165) is 30.8 Å². The summed E-state index contributed by atoms with van der Waals surface area (Å²) >= 11 is 0. The SMILES string of the molecule is CN1CCCC(N(C)c2nc3c(cc2C(=N)N)CCC3)C1. The minimum Gasteiger partial charge on any atom is -0.384 e. The van der Waals surface area contributed by atoms with Gasteiger partial charge in [-0.1, -0.05) is 0 Å². The Morgan fingerprint density at radius 2 is 2.24 bits per heavy atom. The van der Waals surface area contributed by atoms with Crippen molar-refractivity contribution in [1.82, 2.24) is 9.88 Å². The first-order valence-corrected chi connectivity index (χ1v) is 7.85. The first-order valence-electron chi connectivity index (χ1n) is 7.85. The molecule has 3 N–H and O–H groups in total. The molecule has 0 bridgehead atoms. The Kier molecular flexibility index (Phi) is 3.85. The van der Waals surface area contributed by atoms with Crippen molar-refractivity contribution in [3.63, 3.8) is 0 Å². The van der Waals surface area contributed by atoms with E-state index in [-0.39, 0.29) is 5.84 Å². The largest absolute Gasteiger partial charge is 0.384 e. The lowest BCUT2D eigenvalue weighted by Crippen LogP contribution is -2.46. The third-order valence-electron chi connectivity index (χ3n) is 4.80. The van der Waals surface area contributed by atoms with Crippen molar-refractivity contribution >= 4 is 11.7 Å². The van der Waals surface area contributed by atoms with E-state index in [1.165, 1.54) is 37.1 Å². The van der Waals surface area contributed by atoms with Crippen molar-refractivity contribution in [2.75, 3.05) is 32.1 Å². The van der Waals surface area contributed by atoms with Gasteiger partial charge in [0.25, 0.3) is 0 Å². The Labute approximate surface area is 126 Å². The van der Waals surface area contributed by atoms with Gasteiger partial charge in [-0.2, -0.15) is 0 Å². The number of aryl methyl sites for hydroxylation is 2. The summed E-state index contributed by atoms with van der Waals surface area (Å²) in [7, 11) is 4.27. The summed E-state index contributed by atoms with van der Waals surface area (Å²) in [5.74, 6) is 1.02. The van der Waals surface area contributed by atoms with Crippen LogP contribution >= 0.6 is 0 Å². The molecule has 0 radical (unpaired) electrons. The van der Waals surface area contributed by atoms with Gasteiger partial charge in [0.15, 0.2) is 0 Å². The number of nitrogen functional groups attached to an aromatic ring is 1. The van der Waals surface area contributed by atoms with Crippen molar-refractivity contribution < 1.29 is 0 Å². The van der Waals surface area contributed by atoms with Crippen LogP contribution in [0.15, 0.2) is 6.07 Å². The molecular formula is C16H25N5. The van der Waals surface area contributed by atoms with Crippen LogP contribution in [0.1, 0.15) is 36.1 Å². The average Bonchev–Trinajstić information content (AvgIpc) is 2.92. The molecule has 21 heavy (non-hydrogen) atoms. The summed E-state index contributed by atoms with van der Waals surface area (Å²) in [6.07, 6.45) is 5.68. The molecule has 1 aromatic rings. The predicted molar refractivity (Wildman–Crippen MR) is 86.2 cm³/mol. The van der Waals surface area contributed by atoms with Crippen molar-refractivity contribution in [2.24, 2.45) is 5.73 Å². The van der Waals surface area contributed by atoms with E-state index in [0.29, 0.717) is 6.04 Å². The highest BCUT2D eigenvalue weighted by molar-refractivity contribution is 6.00. The van der Waals surface area contributed by atoms with E-state index in [1.54, 1.807) is 0 Å². The van der Waals surface area contributed by atoms with Crippen LogP contribution in [0.4, 0.5) is 5.82 Å². The van der Waals surface area contributed by atoms with E-state index >= 15 is 0 Å². The van der Waals surface area contributed by atoms with E-state index in [4.69, 9.17) is 16.1 Å². The second kappa shape index (κ2) is 5.64. The number of amidine groups is 1. The van der Waals surface area contributed by atoms with Crippen LogP contribution in [-0.2, 0) is 12.8 Å². The molecule has 1 fully saturated rings. The Balaban J connectivity index is 1.94. The van der Waals surface area contributed by atoms with Crippen LogP contribution in [0.25, 0.3) is 0 Å². The zero-order valence-corrected chi connectivity index (χ0v) is 13.0. The van der Waals surface area contributed by atoms with Gasteiger partial charge in [0.05, 0.1) is 5.56 Å². The smallest absolute Gasteiger partial charge is 0.139 e. The molecule has 5 heteroatoms. The average molecular weight is 287 g/mol. The summed E-state index contributed by atoms with van der Waals surface area (Å²) in [5.41, 5.74) is 9.08. The summed E-state index contributed by atoms with van der Waals surface area (Å²) < 4.78 is 0. The topological polar surface area (TPSA) is 69.2 Å². The van der Waals surface area contributed by atoms with Crippen LogP contribution in [-0.4, -0.2) is 48.9 Å². The predicted octanol–water partition coefficient (Wildman–Crippen LogP) is 1.38. The van der Waals surface area contributed by atoms with Gasteiger partial charge in [-0.25, -0.2) is 4.98 Å². The van der Waals surface area contributed by atoms with Crippen LogP contribution in [0, 0.1) is 5.41 Å². The number of hydrogen-bond donors (Lipinski definition) is 2. The van der Waals surface area contributed by atoms with E-state index in [1.807, 2.05) is 0 Å². The first-order chi connectivity index (χ1) is 10.1. The van der Waals surface area contributed by atoms with Crippen molar-refractivity contribution in [2.45, 2.75) is 38.1 Å². The minimum absolute atomic E-state index is 0.128. The van der Waals surface area contributed by atoms with E-state index in [2.05, 4.69) is 30.0 Å². The van der Waals surface area contributed by atoms with Gasteiger partial charge in [0, 0.05) is 25.3 Å². The second-order valence-corrected chi connectivity index (χ2v) is 6.40. The number of rotatable bonds is 3. The number of nitrogens with two attached hydrogens (primary N) is 1. The number of likely N-dealkylation sites (tertiary alicyclic amines) is 1. The molecule has 1 aliphatic carbocycles. The third kappa shape index (κ3) is 2.75.